The van der Waals surface area contributed by atoms with E-state index in [9.17, 15) is 0 Å². The number of halogens is 1. The fraction of sp³-hybridized carbons (Fsp3) is 0.250. The molecule has 0 spiro atoms. The fourth-order valence-corrected chi connectivity index (χ4v) is 2.52. The molecule has 0 saturated carbocycles. The van der Waals surface area contributed by atoms with Crippen LogP contribution in [-0.4, -0.2) is 39.6 Å². The van der Waals surface area contributed by atoms with Gasteiger partial charge in [-0.15, -0.1) is 5.10 Å². The summed E-state index contributed by atoms with van der Waals surface area (Å²) in [5.41, 5.74) is 1.41. The van der Waals surface area contributed by atoms with Crippen LogP contribution in [0.4, 0.5) is 0 Å². The zero-order chi connectivity index (χ0) is 14.4. The average Bonchev–Trinajstić information content (AvgIpc) is 3.17. The van der Waals surface area contributed by atoms with Crippen LogP contribution in [0.25, 0.3) is 16.7 Å². The molecule has 0 amide bonds. The van der Waals surface area contributed by atoms with E-state index in [0.717, 1.165) is 17.5 Å². The van der Waals surface area contributed by atoms with E-state index in [4.69, 9.17) is 11.6 Å². The molecule has 0 aliphatic heterocycles. The molecule has 0 saturated heterocycles. The van der Waals surface area contributed by atoms with E-state index in [-0.39, 0.29) is 6.04 Å². The van der Waals surface area contributed by atoms with Crippen LogP contribution in [0.3, 0.4) is 0 Å². The lowest BCUT2D eigenvalue weighted by atomic mass is 10.2. The van der Waals surface area contributed by atoms with Crippen molar-refractivity contribution in [2.45, 2.75) is 19.4 Å². The van der Waals surface area contributed by atoms with Gasteiger partial charge in [0.1, 0.15) is 12.4 Å². The maximum Gasteiger partial charge on any atom is 0.176 e. The largest absolute Gasteiger partial charge is 0.261 e. The molecule has 0 aromatic carbocycles. The second-order valence-corrected chi connectivity index (χ2v) is 5.11. The molecule has 1 unspecified atom stereocenters. The minimum atomic E-state index is -0.0700. The van der Waals surface area contributed by atoms with Crippen LogP contribution >= 0.6 is 11.6 Å². The highest BCUT2D eigenvalue weighted by atomic mass is 35.5. The van der Waals surface area contributed by atoms with Gasteiger partial charge in [0.2, 0.25) is 0 Å². The molecule has 0 radical (unpaired) electrons. The molecule has 0 bridgehead atoms. The fourth-order valence-electron chi connectivity index (χ4n) is 2.37. The summed E-state index contributed by atoms with van der Waals surface area (Å²) in [4.78, 5) is 8.86. The van der Waals surface area contributed by atoms with Gasteiger partial charge in [0, 0.05) is 6.20 Å². The Kier molecular flexibility index (Phi) is 2.64. The second kappa shape index (κ2) is 4.52. The summed E-state index contributed by atoms with van der Waals surface area (Å²) in [7, 11) is 0. The molecule has 0 aliphatic carbocycles. The number of hydrogen-bond donors (Lipinski definition) is 1. The summed E-state index contributed by atoms with van der Waals surface area (Å²) < 4.78 is 3.43. The number of rotatable bonds is 3. The molecule has 9 heteroatoms. The van der Waals surface area contributed by atoms with Crippen LogP contribution in [0.5, 0.6) is 0 Å². The van der Waals surface area contributed by atoms with Gasteiger partial charge in [-0.2, -0.15) is 10.2 Å². The van der Waals surface area contributed by atoms with Crippen molar-refractivity contribution in [3.05, 3.63) is 35.8 Å². The minimum absolute atomic E-state index is 0.0700. The lowest BCUT2D eigenvalue weighted by Crippen LogP contribution is -2.12. The summed E-state index contributed by atoms with van der Waals surface area (Å²) in [5, 5.41) is 17.0. The Morgan fingerprint density at radius 2 is 2.29 bits per heavy atom. The first-order valence-corrected chi connectivity index (χ1v) is 6.88. The first-order chi connectivity index (χ1) is 10.3. The van der Waals surface area contributed by atoms with Crippen molar-refractivity contribution in [2.24, 2.45) is 0 Å². The van der Waals surface area contributed by atoms with Crippen LogP contribution in [0.15, 0.2) is 24.9 Å². The molecular formula is C12H11ClN8. The third-order valence-corrected chi connectivity index (χ3v) is 3.57. The molecule has 4 aromatic rings. The van der Waals surface area contributed by atoms with Crippen LogP contribution in [0.1, 0.15) is 25.2 Å². The number of H-pyrrole nitrogens is 1. The van der Waals surface area contributed by atoms with E-state index in [1.807, 2.05) is 0 Å². The van der Waals surface area contributed by atoms with Gasteiger partial charge in [0.15, 0.2) is 17.1 Å². The van der Waals surface area contributed by atoms with Crippen molar-refractivity contribution < 1.29 is 0 Å². The summed E-state index contributed by atoms with van der Waals surface area (Å²) in [6.07, 6.45) is 7.50. The third kappa shape index (κ3) is 1.87. The van der Waals surface area contributed by atoms with Crippen LogP contribution in [0, 0.1) is 0 Å². The van der Waals surface area contributed by atoms with E-state index >= 15 is 0 Å². The zero-order valence-corrected chi connectivity index (χ0v) is 11.9. The number of nitrogens with zero attached hydrogens (tertiary/aromatic N) is 7. The first kappa shape index (κ1) is 12.3. The van der Waals surface area contributed by atoms with Gasteiger partial charge in [-0.3, -0.25) is 9.78 Å². The molecule has 4 rings (SSSR count). The molecule has 0 aliphatic rings. The van der Waals surface area contributed by atoms with Gasteiger partial charge < -0.3 is 0 Å². The Labute approximate surface area is 123 Å². The van der Waals surface area contributed by atoms with E-state index in [2.05, 4.69) is 37.3 Å². The molecule has 8 nitrogen and oxygen atoms in total. The molecular weight excluding hydrogens is 292 g/mol. The quantitative estimate of drug-likeness (QED) is 0.624. The molecule has 1 N–H and O–H groups in total. The van der Waals surface area contributed by atoms with Crippen molar-refractivity contribution in [2.75, 3.05) is 0 Å². The molecule has 21 heavy (non-hydrogen) atoms. The SMILES string of the molecule is CCC(c1nc2c3cn[nH]c3ncn2n1)n1cc(Cl)cn1. The smallest absolute Gasteiger partial charge is 0.176 e. The maximum absolute atomic E-state index is 5.94. The topological polar surface area (TPSA) is 89.6 Å². The minimum Gasteiger partial charge on any atom is -0.261 e. The van der Waals surface area contributed by atoms with Gasteiger partial charge >= 0.3 is 0 Å². The molecule has 0 fully saturated rings. The lowest BCUT2D eigenvalue weighted by molar-refractivity contribution is 0.484. The monoisotopic (exact) mass is 302 g/mol. The zero-order valence-electron chi connectivity index (χ0n) is 11.1. The summed E-state index contributed by atoms with van der Waals surface area (Å²) in [6.45, 7) is 2.05. The standard InChI is InChI=1S/C12H11ClN8/c1-2-9(20-5-7(13)3-16-20)11-17-12-8-4-15-18-10(8)14-6-21(12)19-11/h3-6,9H,2H2,1H3,(H,15,18). The van der Waals surface area contributed by atoms with Crippen LogP contribution in [0.2, 0.25) is 5.02 Å². The molecule has 4 aromatic heterocycles. The average molecular weight is 303 g/mol. The van der Waals surface area contributed by atoms with Gasteiger partial charge in [0.25, 0.3) is 0 Å². The van der Waals surface area contributed by atoms with Crippen LogP contribution in [-0.2, 0) is 0 Å². The number of aromatic nitrogens is 8. The van der Waals surface area contributed by atoms with E-state index in [0.29, 0.717) is 16.5 Å². The Morgan fingerprint density at radius 1 is 1.38 bits per heavy atom. The predicted molar refractivity (Wildman–Crippen MR) is 76.1 cm³/mol. The first-order valence-electron chi connectivity index (χ1n) is 6.50. The molecule has 1 atom stereocenters. The van der Waals surface area contributed by atoms with Crippen molar-refractivity contribution in [3.63, 3.8) is 0 Å². The highest BCUT2D eigenvalue weighted by Crippen LogP contribution is 2.22. The summed E-state index contributed by atoms with van der Waals surface area (Å²) >= 11 is 5.94. The van der Waals surface area contributed by atoms with Crippen molar-refractivity contribution in [1.82, 2.24) is 39.6 Å². The maximum atomic E-state index is 5.94. The summed E-state index contributed by atoms with van der Waals surface area (Å²) in [5.74, 6) is 0.674. The Morgan fingerprint density at radius 3 is 3.05 bits per heavy atom. The van der Waals surface area contributed by atoms with Gasteiger partial charge in [-0.05, 0) is 6.42 Å². The summed E-state index contributed by atoms with van der Waals surface area (Å²) in [6, 6.07) is -0.0700. The van der Waals surface area contributed by atoms with E-state index in [1.54, 1.807) is 34.1 Å². The van der Waals surface area contributed by atoms with Crippen molar-refractivity contribution in [1.29, 1.82) is 0 Å². The second-order valence-electron chi connectivity index (χ2n) is 4.68. The number of nitrogens with one attached hydrogen (secondary N) is 1. The number of fused-ring (bicyclic) bond motifs is 3. The lowest BCUT2D eigenvalue weighted by Gasteiger charge is -2.10. The van der Waals surface area contributed by atoms with E-state index < -0.39 is 0 Å². The normalized spacial score (nSPS) is 13.2. The van der Waals surface area contributed by atoms with Crippen molar-refractivity contribution >= 4 is 28.3 Å². The number of aromatic amines is 1. The predicted octanol–water partition coefficient (Wildman–Crippen LogP) is 1.85. The third-order valence-electron chi connectivity index (χ3n) is 3.38. The molecule has 106 valence electrons. The van der Waals surface area contributed by atoms with Crippen molar-refractivity contribution in [3.8, 4) is 0 Å². The highest BCUT2D eigenvalue weighted by Gasteiger charge is 2.19. The number of hydrogen-bond acceptors (Lipinski definition) is 5. The highest BCUT2D eigenvalue weighted by molar-refractivity contribution is 6.30. The van der Waals surface area contributed by atoms with Gasteiger partial charge in [0.05, 0.1) is 22.8 Å². The molecule has 4 heterocycles. The Hall–Kier alpha value is -2.48. The van der Waals surface area contributed by atoms with E-state index in [1.165, 1.54) is 0 Å². The van der Waals surface area contributed by atoms with Gasteiger partial charge in [-0.1, -0.05) is 18.5 Å². The Bertz CT molecular complexity index is 920. The van der Waals surface area contributed by atoms with Gasteiger partial charge in [-0.25, -0.2) is 14.5 Å². The Balaban J connectivity index is 1.88. The van der Waals surface area contributed by atoms with Crippen LogP contribution < -0.4 is 0 Å².